The number of nitrogens with zero attached hydrogens (tertiary/aromatic N) is 7. The Morgan fingerprint density at radius 1 is 1.00 bits per heavy atom. The summed E-state index contributed by atoms with van der Waals surface area (Å²) in [4.78, 5) is 32.8. The van der Waals surface area contributed by atoms with Crippen LogP contribution in [0.1, 0.15) is 38.5 Å². The van der Waals surface area contributed by atoms with E-state index in [1.165, 1.54) is 18.8 Å². The van der Waals surface area contributed by atoms with Crippen molar-refractivity contribution in [2.24, 2.45) is 5.92 Å². The van der Waals surface area contributed by atoms with Crippen molar-refractivity contribution in [3.63, 3.8) is 0 Å². The standard InChI is InChI=1S/C20H29N7O2/c28-19-4-2-1-3-9-25(19)13-12-24-10-7-17(8-11-24)14-26-20(29)6-5-18(23-26)27-16-21-15-22-27/h5-6,15-17H,1-4,7-14H2. The molecule has 0 unspecified atom stereocenters. The number of amides is 1. The maximum atomic E-state index is 12.2. The summed E-state index contributed by atoms with van der Waals surface area (Å²) in [6.45, 7) is 5.32. The summed E-state index contributed by atoms with van der Waals surface area (Å²) < 4.78 is 3.11. The second-order valence-corrected chi connectivity index (χ2v) is 8.03. The highest BCUT2D eigenvalue weighted by atomic mass is 16.2. The van der Waals surface area contributed by atoms with Gasteiger partial charge in [0.2, 0.25) is 5.91 Å². The van der Waals surface area contributed by atoms with E-state index in [2.05, 4.69) is 20.1 Å². The van der Waals surface area contributed by atoms with Crippen molar-refractivity contribution in [3.8, 4) is 5.82 Å². The predicted octanol–water partition coefficient (Wildman–Crippen LogP) is 0.939. The van der Waals surface area contributed by atoms with E-state index in [0.717, 1.165) is 58.4 Å². The van der Waals surface area contributed by atoms with Crippen molar-refractivity contribution in [2.45, 2.75) is 45.1 Å². The molecule has 0 aromatic carbocycles. The van der Waals surface area contributed by atoms with Gasteiger partial charge in [0.25, 0.3) is 5.56 Å². The fraction of sp³-hybridized carbons (Fsp3) is 0.650. The van der Waals surface area contributed by atoms with E-state index in [1.54, 1.807) is 21.8 Å². The minimum atomic E-state index is -0.0871. The molecule has 4 rings (SSSR count). The third-order valence-corrected chi connectivity index (χ3v) is 6.00. The minimum absolute atomic E-state index is 0.0871. The molecule has 2 aromatic rings. The zero-order valence-electron chi connectivity index (χ0n) is 16.8. The molecule has 9 heteroatoms. The molecule has 2 aromatic heterocycles. The third kappa shape index (κ3) is 5.09. The zero-order valence-corrected chi connectivity index (χ0v) is 16.8. The molecule has 0 aliphatic carbocycles. The Labute approximate surface area is 170 Å². The van der Waals surface area contributed by atoms with E-state index < -0.39 is 0 Å². The summed E-state index contributed by atoms with van der Waals surface area (Å²) in [5.74, 6) is 1.35. The number of carbonyl (C=O) groups is 1. The molecule has 9 nitrogen and oxygen atoms in total. The molecular formula is C20H29N7O2. The first-order chi connectivity index (χ1) is 14.2. The Morgan fingerprint density at radius 3 is 2.66 bits per heavy atom. The average molecular weight is 399 g/mol. The highest BCUT2D eigenvalue weighted by Crippen LogP contribution is 2.19. The van der Waals surface area contributed by atoms with Crippen molar-refractivity contribution in [2.75, 3.05) is 32.7 Å². The van der Waals surface area contributed by atoms with Crippen LogP contribution in [-0.2, 0) is 11.3 Å². The van der Waals surface area contributed by atoms with Gasteiger partial charge in [0.15, 0.2) is 5.82 Å². The van der Waals surface area contributed by atoms with Crippen molar-refractivity contribution >= 4 is 5.91 Å². The first kappa shape index (κ1) is 19.8. The number of likely N-dealkylation sites (tertiary alicyclic amines) is 2. The van der Waals surface area contributed by atoms with Gasteiger partial charge >= 0.3 is 0 Å². The fourth-order valence-corrected chi connectivity index (χ4v) is 4.19. The summed E-state index contributed by atoms with van der Waals surface area (Å²) in [6, 6.07) is 3.21. The van der Waals surface area contributed by atoms with Crippen LogP contribution in [0.15, 0.2) is 29.6 Å². The monoisotopic (exact) mass is 399 g/mol. The van der Waals surface area contributed by atoms with Crippen LogP contribution < -0.4 is 5.56 Å². The summed E-state index contributed by atoms with van der Waals surface area (Å²) in [7, 11) is 0. The number of hydrogen-bond donors (Lipinski definition) is 0. The van der Waals surface area contributed by atoms with Crippen LogP contribution in [0.5, 0.6) is 0 Å². The van der Waals surface area contributed by atoms with Crippen LogP contribution in [0, 0.1) is 5.92 Å². The largest absolute Gasteiger partial charge is 0.341 e. The van der Waals surface area contributed by atoms with E-state index in [0.29, 0.717) is 30.6 Å². The normalized spacial score (nSPS) is 19.4. The molecule has 0 atom stereocenters. The van der Waals surface area contributed by atoms with Gasteiger partial charge in [0.05, 0.1) is 0 Å². The topological polar surface area (TPSA) is 89.2 Å². The van der Waals surface area contributed by atoms with Gasteiger partial charge in [-0.15, -0.1) is 5.10 Å². The molecule has 0 saturated carbocycles. The van der Waals surface area contributed by atoms with Gasteiger partial charge in [0, 0.05) is 38.7 Å². The highest BCUT2D eigenvalue weighted by molar-refractivity contribution is 5.76. The third-order valence-electron chi connectivity index (χ3n) is 6.00. The molecule has 4 heterocycles. The van der Waals surface area contributed by atoms with Crippen molar-refractivity contribution < 1.29 is 4.79 Å². The molecule has 156 valence electrons. The molecule has 2 fully saturated rings. The summed E-state index contributed by atoms with van der Waals surface area (Å²) in [5, 5.41) is 8.53. The lowest BCUT2D eigenvalue weighted by Crippen LogP contribution is -2.42. The summed E-state index contributed by atoms with van der Waals surface area (Å²) in [6.07, 6.45) is 9.13. The van der Waals surface area contributed by atoms with Crippen LogP contribution in [0.4, 0.5) is 0 Å². The lowest BCUT2D eigenvalue weighted by Gasteiger charge is -2.33. The van der Waals surface area contributed by atoms with Gasteiger partial charge < -0.3 is 9.80 Å². The lowest BCUT2D eigenvalue weighted by molar-refractivity contribution is -0.130. The first-order valence-corrected chi connectivity index (χ1v) is 10.6. The molecule has 2 aliphatic rings. The summed E-state index contributed by atoms with van der Waals surface area (Å²) in [5.41, 5.74) is -0.0871. The molecular weight excluding hydrogens is 370 g/mol. The van der Waals surface area contributed by atoms with Crippen LogP contribution in [-0.4, -0.2) is 73.0 Å². The van der Waals surface area contributed by atoms with Gasteiger partial charge in [-0.25, -0.2) is 14.3 Å². The molecule has 1 amide bonds. The van der Waals surface area contributed by atoms with Gasteiger partial charge in [0.1, 0.15) is 12.7 Å². The maximum absolute atomic E-state index is 12.2. The Balaban J connectivity index is 1.27. The van der Waals surface area contributed by atoms with Gasteiger partial charge in [-0.2, -0.15) is 5.10 Å². The van der Waals surface area contributed by atoms with E-state index in [4.69, 9.17) is 0 Å². The molecule has 0 radical (unpaired) electrons. The SMILES string of the molecule is O=C1CCCCCN1CCN1CCC(Cn2nc(-n3cncn3)ccc2=O)CC1. The van der Waals surface area contributed by atoms with E-state index in [-0.39, 0.29) is 5.56 Å². The van der Waals surface area contributed by atoms with Gasteiger partial charge in [-0.3, -0.25) is 9.59 Å². The lowest BCUT2D eigenvalue weighted by atomic mass is 9.97. The van der Waals surface area contributed by atoms with Crippen molar-refractivity contribution in [1.82, 2.24) is 34.3 Å². The smallest absolute Gasteiger partial charge is 0.266 e. The second kappa shape index (κ2) is 9.30. The van der Waals surface area contributed by atoms with Crippen molar-refractivity contribution in [1.29, 1.82) is 0 Å². The van der Waals surface area contributed by atoms with E-state index >= 15 is 0 Å². The Morgan fingerprint density at radius 2 is 1.86 bits per heavy atom. The fourth-order valence-electron chi connectivity index (χ4n) is 4.19. The minimum Gasteiger partial charge on any atom is -0.341 e. The predicted molar refractivity (Wildman–Crippen MR) is 108 cm³/mol. The van der Waals surface area contributed by atoms with Gasteiger partial charge in [-0.1, -0.05) is 6.42 Å². The molecule has 0 bridgehead atoms. The number of carbonyl (C=O) groups excluding carboxylic acids is 1. The quantitative estimate of drug-likeness (QED) is 0.718. The van der Waals surface area contributed by atoms with Crippen LogP contribution in [0.3, 0.4) is 0 Å². The van der Waals surface area contributed by atoms with Crippen LogP contribution in [0.2, 0.25) is 0 Å². The number of piperidine rings is 1. The summed E-state index contributed by atoms with van der Waals surface area (Å²) >= 11 is 0. The Bertz CT molecular complexity index is 856. The average Bonchev–Trinajstić information content (AvgIpc) is 3.19. The highest BCUT2D eigenvalue weighted by Gasteiger charge is 2.22. The first-order valence-electron chi connectivity index (χ1n) is 10.6. The Hall–Kier alpha value is -2.55. The van der Waals surface area contributed by atoms with Crippen LogP contribution >= 0.6 is 0 Å². The van der Waals surface area contributed by atoms with Crippen molar-refractivity contribution in [3.05, 3.63) is 35.1 Å². The molecule has 0 spiro atoms. The maximum Gasteiger partial charge on any atom is 0.266 e. The number of hydrogen-bond acceptors (Lipinski definition) is 6. The second-order valence-electron chi connectivity index (χ2n) is 8.03. The molecule has 2 saturated heterocycles. The molecule has 0 N–H and O–H groups in total. The van der Waals surface area contributed by atoms with Crippen LogP contribution in [0.25, 0.3) is 5.82 Å². The van der Waals surface area contributed by atoms with E-state index in [9.17, 15) is 9.59 Å². The van der Waals surface area contributed by atoms with Gasteiger partial charge in [-0.05, 0) is 50.8 Å². The molecule has 29 heavy (non-hydrogen) atoms. The molecule has 2 aliphatic heterocycles. The Kier molecular flexibility index (Phi) is 6.33. The zero-order chi connectivity index (χ0) is 20.1. The number of rotatable bonds is 6. The van der Waals surface area contributed by atoms with E-state index in [1.807, 2.05) is 4.90 Å². The number of aromatic nitrogens is 5.